The number of hydrogen-bond acceptors (Lipinski definition) is 10. The fourth-order valence-corrected chi connectivity index (χ4v) is 6.37. The molecular formula is C28H41N7O3S2. The number of rotatable bonds is 7. The average molecular weight is 588 g/mol. The molecule has 218 valence electrons. The number of hydrogen-bond donors (Lipinski definition) is 3. The first kappa shape index (κ1) is 30.3. The Hall–Kier alpha value is -2.67. The highest BCUT2D eigenvalue weighted by atomic mass is 32.1. The minimum atomic E-state index is 0.0414. The third-order valence-corrected chi connectivity index (χ3v) is 8.76. The number of piperidine rings is 2. The normalized spacial score (nSPS) is 21.6. The lowest BCUT2D eigenvalue weighted by atomic mass is 9.84. The van der Waals surface area contributed by atoms with Crippen LogP contribution in [0.3, 0.4) is 0 Å². The first-order valence-corrected chi connectivity index (χ1v) is 15.3. The zero-order chi connectivity index (χ0) is 28.8. The van der Waals surface area contributed by atoms with Gasteiger partial charge in [0.05, 0.1) is 11.3 Å². The molecule has 2 aromatic heterocycles. The fourth-order valence-electron chi connectivity index (χ4n) is 5.46. The number of thiazole rings is 1. The summed E-state index contributed by atoms with van der Waals surface area (Å²) >= 11 is 5.84. The molecule has 2 bridgehead atoms. The van der Waals surface area contributed by atoms with Gasteiger partial charge in [-0.05, 0) is 38.3 Å². The highest BCUT2D eigenvalue weighted by Crippen LogP contribution is 2.36. The van der Waals surface area contributed by atoms with E-state index in [0.29, 0.717) is 38.9 Å². The molecule has 6 heterocycles. The summed E-state index contributed by atoms with van der Waals surface area (Å²) in [4.78, 5) is 41.4. The Morgan fingerprint density at radius 2 is 1.85 bits per heavy atom. The van der Waals surface area contributed by atoms with Crippen LogP contribution < -0.4 is 11.1 Å². The number of anilines is 2. The molecule has 2 aromatic rings. The third kappa shape index (κ3) is 6.96. The number of likely N-dealkylation sites (tertiary alicyclic amines) is 1. The standard InChI is InChI=1S/C25H33N7O3S2.C3H8/c1-15(26)23(36)20-14-37-25(28-20)29-21-4-3-16(10-27-21)24(34)32-18-9-19(32)12-31(11-18)17-5-7-30(8-6-17)22(33)13-35-2;1-3-2/h3-4,10,14,17-19,36H,5-9,11-13,26H2,1-2H3,(H,27,28,29);3H2,1-2H3/b23-15-;/t18-,19+;. The van der Waals surface area contributed by atoms with E-state index in [9.17, 15) is 9.59 Å². The number of fused-ring (bicyclic) bond motifs is 2. The van der Waals surface area contributed by atoms with Crippen LogP contribution in [-0.2, 0) is 9.53 Å². The highest BCUT2D eigenvalue weighted by molar-refractivity contribution is 7.90. The van der Waals surface area contributed by atoms with Gasteiger partial charge in [0.25, 0.3) is 5.91 Å². The summed E-state index contributed by atoms with van der Waals surface area (Å²) in [6, 6.07) is 4.57. The zero-order valence-electron chi connectivity index (χ0n) is 23.8. The van der Waals surface area contributed by atoms with Gasteiger partial charge in [-0.25, -0.2) is 9.97 Å². The van der Waals surface area contributed by atoms with Crippen molar-refractivity contribution in [2.24, 2.45) is 5.73 Å². The summed E-state index contributed by atoms with van der Waals surface area (Å²) < 4.78 is 4.98. The Labute approximate surface area is 246 Å². The molecule has 3 N–H and O–H groups in total. The smallest absolute Gasteiger partial charge is 0.256 e. The summed E-state index contributed by atoms with van der Waals surface area (Å²) in [5.41, 5.74) is 7.72. The zero-order valence-corrected chi connectivity index (χ0v) is 25.5. The highest BCUT2D eigenvalue weighted by Gasteiger charge is 2.48. The minimum Gasteiger partial charge on any atom is -0.401 e. The molecule has 0 aromatic carbocycles. The number of nitrogens with one attached hydrogen (secondary N) is 1. The van der Waals surface area contributed by atoms with Gasteiger partial charge in [0, 0.05) is 73.6 Å². The lowest BCUT2D eigenvalue weighted by Gasteiger charge is -2.58. The van der Waals surface area contributed by atoms with E-state index in [2.05, 4.69) is 46.7 Å². The number of ether oxygens (including phenoxy) is 1. The van der Waals surface area contributed by atoms with Crippen LogP contribution in [0.1, 0.15) is 62.5 Å². The number of thiol groups is 1. The molecule has 10 nitrogen and oxygen atoms in total. The SMILES string of the molecule is CCC.COCC(=O)N1CCC(N2C[C@H]3C[C@@H](C2)N3C(=O)c2ccc(Nc3nc(/C(S)=C(\C)N)cs3)nc2)CC1. The maximum Gasteiger partial charge on any atom is 0.256 e. The van der Waals surface area contributed by atoms with E-state index >= 15 is 0 Å². The summed E-state index contributed by atoms with van der Waals surface area (Å²) in [6.45, 7) is 9.51. The van der Waals surface area contributed by atoms with Crippen molar-refractivity contribution in [1.82, 2.24) is 24.7 Å². The van der Waals surface area contributed by atoms with Gasteiger partial charge in [-0.3, -0.25) is 14.5 Å². The second-order valence-corrected chi connectivity index (χ2v) is 11.9. The van der Waals surface area contributed by atoms with E-state index in [1.165, 1.54) is 17.8 Å². The van der Waals surface area contributed by atoms with Crippen molar-refractivity contribution in [3.8, 4) is 0 Å². The molecule has 2 amide bonds. The van der Waals surface area contributed by atoms with E-state index in [1.807, 2.05) is 21.2 Å². The van der Waals surface area contributed by atoms with Crippen LogP contribution in [0.25, 0.3) is 4.91 Å². The van der Waals surface area contributed by atoms with Crippen LogP contribution in [-0.4, -0.2) is 94.5 Å². The summed E-state index contributed by atoms with van der Waals surface area (Å²) in [6.07, 6.45) is 5.88. The Morgan fingerprint density at radius 3 is 2.42 bits per heavy atom. The molecule has 0 aliphatic carbocycles. The predicted molar refractivity (Wildman–Crippen MR) is 163 cm³/mol. The van der Waals surface area contributed by atoms with Gasteiger partial charge in [0.2, 0.25) is 5.91 Å². The molecule has 40 heavy (non-hydrogen) atoms. The van der Waals surface area contributed by atoms with Crippen molar-refractivity contribution >= 4 is 51.6 Å². The van der Waals surface area contributed by atoms with Gasteiger partial charge in [0.15, 0.2) is 5.13 Å². The molecule has 4 aliphatic heterocycles. The second-order valence-electron chi connectivity index (χ2n) is 10.6. The van der Waals surface area contributed by atoms with Crippen molar-refractivity contribution in [1.29, 1.82) is 0 Å². The molecular weight excluding hydrogens is 546 g/mol. The number of carbonyl (C=O) groups excluding carboxylic acids is 2. The van der Waals surface area contributed by atoms with E-state index in [-0.39, 0.29) is 30.5 Å². The minimum absolute atomic E-state index is 0.0414. The number of carbonyl (C=O) groups is 2. The van der Waals surface area contributed by atoms with Gasteiger partial charge in [0.1, 0.15) is 12.4 Å². The Morgan fingerprint density at radius 1 is 1.18 bits per heavy atom. The molecule has 2 atom stereocenters. The number of piperazine rings is 1. The molecule has 6 rings (SSSR count). The Kier molecular flexibility index (Phi) is 10.4. The maximum absolute atomic E-state index is 13.3. The number of allylic oxidation sites excluding steroid dienone is 1. The number of amides is 2. The van der Waals surface area contributed by atoms with Gasteiger partial charge in [-0.1, -0.05) is 20.3 Å². The van der Waals surface area contributed by atoms with Crippen LogP contribution in [0.2, 0.25) is 0 Å². The second kappa shape index (κ2) is 13.8. The molecule has 0 radical (unpaired) electrons. The number of nitrogens with two attached hydrogens (primary N) is 1. The number of aromatic nitrogens is 2. The first-order chi connectivity index (χ1) is 19.2. The van der Waals surface area contributed by atoms with Crippen molar-refractivity contribution in [3.05, 3.63) is 40.7 Å². The lowest BCUT2D eigenvalue weighted by molar-refractivity contribution is -0.137. The molecule has 0 saturated carbocycles. The maximum atomic E-state index is 13.3. The van der Waals surface area contributed by atoms with Crippen LogP contribution in [0.15, 0.2) is 29.4 Å². The van der Waals surface area contributed by atoms with E-state index in [1.54, 1.807) is 26.3 Å². The van der Waals surface area contributed by atoms with Crippen molar-refractivity contribution in [2.45, 2.75) is 64.6 Å². The fraction of sp³-hybridized carbons (Fsp3) is 0.571. The predicted octanol–water partition coefficient (Wildman–Crippen LogP) is 3.81. The summed E-state index contributed by atoms with van der Waals surface area (Å²) in [5, 5.41) is 5.74. The van der Waals surface area contributed by atoms with Gasteiger partial charge >= 0.3 is 0 Å². The number of pyridine rings is 1. The van der Waals surface area contributed by atoms with Crippen LogP contribution in [0, 0.1) is 0 Å². The van der Waals surface area contributed by atoms with Crippen LogP contribution in [0.4, 0.5) is 10.9 Å². The number of nitrogens with zero attached hydrogens (tertiary/aromatic N) is 5. The topological polar surface area (TPSA) is 117 Å². The van der Waals surface area contributed by atoms with Crippen LogP contribution >= 0.6 is 24.0 Å². The van der Waals surface area contributed by atoms with Crippen molar-refractivity contribution in [3.63, 3.8) is 0 Å². The molecule has 0 spiro atoms. The van der Waals surface area contributed by atoms with E-state index < -0.39 is 0 Å². The summed E-state index contributed by atoms with van der Waals surface area (Å²) in [7, 11) is 1.55. The van der Waals surface area contributed by atoms with E-state index in [0.717, 1.165) is 45.4 Å². The van der Waals surface area contributed by atoms with Crippen molar-refractivity contribution < 1.29 is 14.3 Å². The molecule has 4 aliphatic rings. The average Bonchev–Trinajstić information content (AvgIpc) is 3.42. The molecule has 4 saturated heterocycles. The van der Waals surface area contributed by atoms with Crippen LogP contribution in [0.5, 0.6) is 0 Å². The lowest BCUT2D eigenvalue weighted by Crippen LogP contribution is -2.71. The molecule has 12 heteroatoms. The van der Waals surface area contributed by atoms with E-state index in [4.69, 9.17) is 10.5 Å². The Balaban J connectivity index is 0.00000118. The monoisotopic (exact) mass is 587 g/mol. The Bertz CT molecular complexity index is 1180. The third-order valence-electron chi connectivity index (χ3n) is 7.42. The largest absolute Gasteiger partial charge is 0.401 e. The first-order valence-electron chi connectivity index (χ1n) is 13.9. The summed E-state index contributed by atoms with van der Waals surface area (Å²) in [5.74, 6) is 0.729. The van der Waals surface area contributed by atoms with Gasteiger partial charge < -0.3 is 25.6 Å². The number of methoxy groups -OCH3 is 1. The van der Waals surface area contributed by atoms with Gasteiger partial charge in [-0.2, -0.15) is 0 Å². The van der Waals surface area contributed by atoms with Gasteiger partial charge in [-0.15, -0.1) is 24.0 Å². The molecule has 0 unspecified atom stereocenters. The molecule has 4 fully saturated rings. The quantitative estimate of drug-likeness (QED) is 0.419. The van der Waals surface area contributed by atoms with Crippen molar-refractivity contribution in [2.75, 3.05) is 45.2 Å².